The quantitative estimate of drug-likeness (QED) is 0.837. The molecule has 1 saturated heterocycles. The highest BCUT2D eigenvalue weighted by Crippen LogP contribution is 2.21. The molecule has 1 fully saturated rings. The van der Waals surface area contributed by atoms with Gasteiger partial charge in [0, 0.05) is 13.0 Å². The second-order valence-electron chi connectivity index (χ2n) is 5.38. The average Bonchev–Trinajstić information content (AvgIpc) is 3.05. The van der Waals surface area contributed by atoms with E-state index in [9.17, 15) is 0 Å². The van der Waals surface area contributed by atoms with Crippen LogP contribution in [0.4, 0.5) is 0 Å². The zero-order valence-corrected chi connectivity index (χ0v) is 12.2. The van der Waals surface area contributed by atoms with Crippen molar-refractivity contribution >= 4 is 0 Å². The molecule has 2 aromatic heterocycles. The van der Waals surface area contributed by atoms with E-state index in [1.54, 1.807) is 0 Å². The third-order valence-corrected chi connectivity index (χ3v) is 3.76. The molecule has 3 heterocycles. The van der Waals surface area contributed by atoms with Crippen LogP contribution in [0.15, 0.2) is 4.52 Å². The Kier molecular flexibility index (Phi) is 3.52. The number of likely N-dealkylation sites (tertiary alicyclic amines) is 1. The molecule has 0 spiro atoms. The third-order valence-electron chi connectivity index (χ3n) is 3.76. The summed E-state index contributed by atoms with van der Waals surface area (Å²) in [6, 6.07) is 0.466. The van der Waals surface area contributed by atoms with Crippen LogP contribution in [-0.4, -0.2) is 42.4 Å². The number of hydrogen-bond acceptors (Lipinski definition) is 6. The molecule has 108 valence electrons. The largest absolute Gasteiger partial charge is 0.340 e. The Labute approximate surface area is 118 Å². The number of aromatic nitrogens is 5. The van der Waals surface area contributed by atoms with E-state index in [0.29, 0.717) is 11.9 Å². The summed E-state index contributed by atoms with van der Waals surface area (Å²) in [6.07, 6.45) is 2.38. The molecule has 1 aliphatic heterocycles. The summed E-state index contributed by atoms with van der Waals surface area (Å²) in [7, 11) is 0. The van der Waals surface area contributed by atoms with Gasteiger partial charge in [0.2, 0.25) is 5.89 Å². The van der Waals surface area contributed by atoms with Crippen LogP contribution in [0.5, 0.6) is 0 Å². The van der Waals surface area contributed by atoms with Crippen molar-refractivity contribution in [2.24, 2.45) is 0 Å². The van der Waals surface area contributed by atoms with Crippen LogP contribution < -0.4 is 0 Å². The highest BCUT2D eigenvalue weighted by atomic mass is 16.5. The molecule has 7 heteroatoms. The Morgan fingerprint density at radius 2 is 2.10 bits per heavy atom. The van der Waals surface area contributed by atoms with Crippen molar-refractivity contribution in [1.82, 2.24) is 29.8 Å². The lowest BCUT2D eigenvalue weighted by Crippen LogP contribution is -2.33. The van der Waals surface area contributed by atoms with Crippen molar-refractivity contribution in [3.05, 3.63) is 23.4 Å². The van der Waals surface area contributed by atoms with E-state index in [1.807, 2.05) is 25.5 Å². The molecule has 0 unspecified atom stereocenters. The highest BCUT2D eigenvalue weighted by molar-refractivity contribution is 4.92. The molecule has 3 rings (SSSR count). The topological polar surface area (TPSA) is 72.9 Å². The molecule has 0 N–H and O–H groups in total. The van der Waals surface area contributed by atoms with Gasteiger partial charge in [-0.3, -0.25) is 4.90 Å². The number of aryl methyl sites for hydroxylation is 3. The summed E-state index contributed by atoms with van der Waals surface area (Å²) in [4.78, 5) is 11.0. The summed E-state index contributed by atoms with van der Waals surface area (Å²) in [6.45, 7) is 8.45. The minimum Gasteiger partial charge on any atom is -0.340 e. The van der Waals surface area contributed by atoms with Gasteiger partial charge in [-0.2, -0.15) is 10.1 Å². The Morgan fingerprint density at radius 3 is 2.75 bits per heavy atom. The summed E-state index contributed by atoms with van der Waals surface area (Å²) in [5, 5.41) is 8.43. The second kappa shape index (κ2) is 5.32. The standard InChI is InChI=1S/C13H20N6O/c1-9-14-10(2)19(16-9)7-12-5-4-6-18(12)8-13-15-11(3)20-17-13/h12H,4-8H2,1-3H3/t12-/m0/s1. The van der Waals surface area contributed by atoms with Crippen molar-refractivity contribution in [1.29, 1.82) is 0 Å². The average molecular weight is 276 g/mol. The minimum absolute atomic E-state index is 0.466. The van der Waals surface area contributed by atoms with Crippen molar-refractivity contribution in [2.45, 2.75) is 52.7 Å². The van der Waals surface area contributed by atoms with Gasteiger partial charge in [0.25, 0.3) is 0 Å². The first kappa shape index (κ1) is 13.2. The van der Waals surface area contributed by atoms with Gasteiger partial charge in [0.05, 0.1) is 13.1 Å². The molecular formula is C13H20N6O. The first-order chi connectivity index (χ1) is 9.61. The lowest BCUT2D eigenvalue weighted by molar-refractivity contribution is 0.210. The molecule has 1 aliphatic rings. The zero-order chi connectivity index (χ0) is 14.1. The van der Waals surface area contributed by atoms with Crippen LogP contribution in [0, 0.1) is 20.8 Å². The normalized spacial score (nSPS) is 19.9. The van der Waals surface area contributed by atoms with Crippen LogP contribution in [-0.2, 0) is 13.1 Å². The smallest absolute Gasteiger partial charge is 0.223 e. The summed E-state index contributed by atoms with van der Waals surface area (Å²) in [5.41, 5.74) is 0. The predicted octanol–water partition coefficient (Wildman–Crippen LogP) is 1.25. The molecule has 0 bridgehead atoms. The summed E-state index contributed by atoms with van der Waals surface area (Å²) in [5.74, 6) is 3.20. The van der Waals surface area contributed by atoms with Crippen LogP contribution in [0.3, 0.4) is 0 Å². The van der Waals surface area contributed by atoms with E-state index in [4.69, 9.17) is 4.52 Å². The van der Waals surface area contributed by atoms with Crippen LogP contribution in [0.2, 0.25) is 0 Å². The number of hydrogen-bond donors (Lipinski definition) is 0. The fourth-order valence-corrected chi connectivity index (χ4v) is 2.83. The van der Waals surface area contributed by atoms with Gasteiger partial charge < -0.3 is 4.52 Å². The molecule has 20 heavy (non-hydrogen) atoms. The lowest BCUT2D eigenvalue weighted by Gasteiger charge is -2.23. The van der Waals surface area contributed by atoms with Crippen molar-refractivity contribution in [3.8, 4) is 0 Å². The molecule has 0 radical (unpaired) electrons. The van der Waals surface area contributed by atoms with E-state index in [2.05, 4.69) is 25.1 Å². The third kappa shape index (κ3) is 2.72. The molecule has 7 nitrogen and oxygen atoms in total. The van der Waals surface area contributed by atoms with Gasteiger partial charge >= 0.3 is 0 Å². The lowest BCUT2D eigenvalue weighted by atomic mass is 10.2. The summed E-state index contributed by atoms with van der Waals surface area (Å²) >= 11 is 0. The molecule has 0 aliphatic carbocycles. The fraction of sp³-hybridized carbons (Fsp3) is 0.692. The molecule has 0 aromatic carbocycles. The highest BCUT2D eigenvalue weighted by Gasteiger charge is 2.27. The van der Waals surface area contributed by atoms with Gasteiger partial charge in [-0.25, -0.2) is 9.67 Å². The zero-order valence-electron chi connectivity index (χ0n) is 12.2. The first-order valence-electron chi connectivity index (χ1n) is 7.03. The SMILES string of the molecule is Cc1nc(C)n(C[C@@H]2CCCN2Cc2noc(C)n2)n1. The van der Waals surface area contributed by atoms with E-state index in [-0.39, 0.29) is 0 Å². The monoisotopic (exact) mass is 276 g/mol. The van der Waals surface area contributed by atoms with E-state index in [0.717, 1.165) is 37.1 Å². The maximum atomic E-state index is 5.04. The predicted molar refractivity (Wildman–Crippen MR) is 72.0 cm³/mol. The van der Waals surface area contributed by atoms with Gasteiger partial charge in [-0.15, -0.1) is 0 Å². The van der Waals surface area contributed by atoms with Crippen molar-refractivity contribution in [2.75, 3.05) is 6.54 Å². The van der Waals surface area contributed by atoms with Gasteiger partial charge in [-0.05, 0) is 33.2 Å². The van der Waals surface area contributed by atoms with E-state index >= 15 is 0 Å². The van der Waals surface area contributed by atoms with Gasteiger partial charge in [-0.1, -0.05) is 5.16 Å². The first-order valence-corrected chi connectivity index (χ1v) is 7.03. The Bertz CT molecular complexity index is 589. The second-order valence-corrected chi connectivity index (χ2v) is 5.38. The van der Waals surface area contributed by atoms with Crippen LogP contribution >= 0.6 is 0 Å². The molecule has 1 atom stereocenters. The van der Waals surface area contributed by atoms with E-state index < -0.39 is 0 Å². The molecule has 2 aromatic rings. The number of rotatable bonds is 4. The summed E-state index contributed by atoms with van der Waals surface area (Å²) < 4.78 is 7.04. The van der Waals surface area contributed by atoms with Crippen LogP contribution in [0.1, 0.15) is 36.2 Å². The van der Waals surface area contributed by atoms with Crippen LogP contribution in [0.25, 0.3) is 0 Å². The van der Waals surface area contributed by atoms with Crippen molar-refractivity contribution < 1.29 is 4.52 Å². The molecular weight excluding hydrogens is 256 g/mol. The van der Waals surface area contributed by atoms with Crippen molar-refractivity contribution in [3.63, 3.8) is 0 Å². The maximum Gasteiger partial charge on any atom is 0.223 e. The maximum absolute atomic E-state index is 5.04. The Hall–Kier alpha value is -1.76. The van der Waals surface area contributed by atoms with Gasteiger partial charge in [0.15, 0.2) is 5.82 Å². The Balaban J connectivity index is 1.67. The molecule has 0 saturated carbocycles. The number of nitrogens with zero attached hydrogens (tertiary/aromatic N) is 6. The van der Waals surface area contributed by atoms with Gasteiger partial charge in [0.1, 0.15) is 11.6 Å². The molecule has 0 amide bonds. The van der Waals surface area contributed by atoms with E-state index in [1.165, 1.54) is 12.8 Å². The Morgan fingerprint density at radius 1 is 1.25 bits per heavy atom. The fourth-order valence-electron chi connectivity index (χ4n) is 2.83. The minimum atomic E-state index is 0.466.